The Kier molecular flexibility index (Phi) is 5.44. The zero-order chi connectivity index (χ0) is 16.2. The summed E-state index contributed by atoms with van der Waals surface area (Å²) in [6, 6.07) is 6.76. The fourth-order valence-corrected chi connectivity index (χ4v) is 4.31. The largest absolute Gasteiger partial charge is 0.493 e. The van der Waals surface area contributed by atoms with E-state index in [2.05, 4.69) is 17.0 Å². The number of benzene rings is 1. The lowest BCUT2D eigenvalue weighted by Crippen LogP contribution is -2.52. The van der Waals surface area contributed by atoms with Crippen LogP contribution in [-0.4, -0.2) is 49.5 Å². The van der Waals surface area contributed by atoms with Gasteiger partial charge in [-0.25, -0.2) is 0 Å². The van der Waals surface area contributed by atoms with Crippen LogP contribution in [0.25, 0.3) is 0 Å². The molecule has 3 rings (SSSR count). The number of aliphatic hydroxyl groups excluding tert-OH is 1. The van der Waals surface area contributed by atoms with Crippen molar-refractivity contribution >= 4 is 0 Å². The highest BCUT2D eigenvalue weighted by Gasteiger charge is 2.38. The van der Waals surface area contributed by atoms with Crippen LogP contribution in [0.1, 0.15) is 37.7 Å². The summed E-state index contributed by atoms with van der Waals surface area (Å²) in [7, 11) is 3.35. The lowest BCUT2D eigenvalue weighted by molar-refractivity contribution is -0.0352. The van der Waals surface area contributed by atoms with Crippen LogP contribution in [0.5, 0.6) is 11.5 Å². The fourth-order valence-electron chi connectivity index (χ4n) is 4.31. The van der Waals surface area contributed by atoms with E-state index < -0.39 is 0 Å². The van der Waals surface area contributed by atoms with Crippen LogP contribution >= 0.6 is 0 Å². The first kappa shape index (κ1) is 16.6. The highest BCUT2D eigenvalue weighted by atomic mass is 16.5. The second kappa shape index (κ2) is 7.54. The molecule has 1 saturated carbocycles. The van der Waals surface area contributed by atoms with E-state index in [1.165, 1.54) is 31.2 Å². The van der Waals surface area contributed by atoms with Gasteiger partial charge in [0.1, 0.15) is 0 Å². The Hall–Kier alpha value is -1.26. The lowest BCUT2D eigenvalue weighted by atomic mass is 9.76. The smallest absolute Gasteiger partial charge is 0.160 e. The van der Waals surface area contributed by atoms with E-state index in [1.54, 1.807) is 14.2 Å². The number of likely N-dealkylation sites (tertiary alicyclic amines) is 1. The van der Waals surface area contributed by atoms with Gasteiger partial charge in [0.2, 0.25) is 0 Å². The van der Waals surface area contributed by atoms with Crippen LogP contribution in [0.2, 0.25) is 0 Å². The molecule has 0 bridgehead atoms. The topological polar surface area (TPSA) is 41.9 Å². The summed E-state index contributed by atoms with van der Waals surface area (Å²) in [5.74, 6) is 2.07. The number of ether oxygens (including phenoxy) is 2. The average Bonchev–Trinajstić information content (AvgIpc) is 2.61. The second-order valence-corrected chi connectivity index (χ2v) is 6.85. The van der Waals surface area contributed by atoms with Crippen molar-refractivity contribution < 1.29 is 14.6 Å². The van der Waals surface area contributed by atoms with Crippen LogP contribution in [0.4, 0.5) is 0 Å². The molecule has 4 nitrogen and oxygen atoms in total. The van der Waals surface area contributed by atoms with Crippen molar-refractivity contribution in [2.45, 2.75) is 50.7 Å². The van der Waals surface area contributed by atoms with Gasteiger partial charge in [0, 0.05) is 25.0 Å². The quantitative estimate of drug-likeness (QED) is 0.906. The normalized spacial score (nSPS) is 28.2. The summed E-state index contributed by atoms with van der Waals surface area (Å²) in [5, 5.41) is 10.3. The SMILES string of the molecule is COc1ccc(CCN2CC[C@H](O)[C@@H]3CCCC[C@H]32)cc1OC. The molecule has 0 aromatic heterocycles. The first-order valence-corrected chi connectivity index (χ1v) is 8.86. The molecule has 1 aliphatic carbocycles. The molecule has 0 amide bonds. The van der Waals surface area contributed by atoms with Crippen molar-refractivity contribution in [1.29, 1.82) is 0 Å². The van der Waals surface area contributed by atoms with Crippen molar-refractivity contribution in [1.82, 2.24) is 4.90 Å². The summed E-state index contributed by atoms with van der Waals surface area (Å²) in [6.07, 6.45) is 6.87. The number of piperidine rings is 1. The Morgan fingerprint density at radius 1 is 1.09 bits per heavy atom. The third-order valence-corrected chi connectivity index (χ3v) is 5.59. The molecule has 1 heterocycles. The number of aliphatic hydroxyl groups is 1. The zero-order valence-corrected chi connectivity index (χ0v) is 14.3. The molecule has 1 aromatic carbocycles. The summed E-state index contributed by atoms with van der Waals surface area (Å²) < 4.78 is 10.7. The first-order chi connectivity index (χ1) is 11.2. The monoisotopic (exact) mass is 319 g/mol. The van der Waals surface area contributed by atoms with Gasteiger partial charge in [-0.15, -0.1) is 0 Å². The number of fused-ring (bicyclic) bond motifs is 1. The van der Waals surface area contributed by atoms with E-state index in [4.69, 9.17) is 9.47 Å². The van der Waals surface area contributed by atoms with E-state index in [-0.39, 0.29) is 6.10 Å². The molecule has 128 valence electrons. The van der Waals surface area contributed by atoms with Gasteiger partial charge in [0.05, 0.1) is 20.3 Å². The number of hydrogen-bond donors (Lipinski definition) is 1. The third kappa shape index (κ3) is 3.64. The van der Waals surface area contributed by atoms with Gasteiger partial charge in [-0.2, -0.15) is 0 Å². The predicted molar refractivity (Wildman–Crippen MR) is 91.2 cm³/mol. The van der Waals surface area contributed by atoms with Crippen molar-refractivity contribution in [2.75, 3.05) is 27.3 Å². The lowest BCUT2D eigenvalue weighted by Gasteiger charge is -2.46. The van der Waals surface area contributed by atoms with Crippen LogP contribution in [0.15, 0.2) is 18.2 Å². The van der Waals surface area contributed by atoms with Crippen molar-refractivity contribution in [2.24, 2.45) is 5.92 Å². The Balaban J connectivity index is 1.63. The maximum atomic E-state index is 10.3. The van der Waals surface area contributed by atoms with E-state index in [9.17, 15) is 5.11 Å². The van der Waals surface area contributed by atoms with Gasteiger partial charge in [-0.1, -0.05) is 18.9 Å². The van der Waals surface area contributed by atoms with Crippen LogP contribution in [0.3, 0.4) is 0 Å². The van der Waals surface area contributed by atoms with E-state index in [0.717, 1.165) is 37.4 Å². The number of hydrogen-bond acceptors (Lipinski definition) is 4. The maximum Gasteiger partial charge on any atom is 0.160 e. The van der Waals surface area contributed by atoms with Crippen molar-refractivity contribution in [3.63, 3.8) is 0 Å². The molecule has 0 radical (unpaired) electrons. The molecular formula is C19H29NO3. The summed E-state index contributed by atoms with van der Waals surface area (Å²) in [4.78, 5) is 2.60. The van der Waals surface area contributed by atoms with Crippen molar-refractivity contribution in [3.05, 3.63) is 23.8 Å². The molecular weight excluding hydrogens is 290 g/mol. The Morgan fingerprint density at radius 3 is 2.65 bits per heavy atom. The number of methoxy groups -OCH3 is 2. The minimum atomic E-state index is -0.0855. The van der Waals surface area contributed by atoms with Crippen molar-refractivity contribution in [3.8, 4) is 11.5 Å². The highest BCUT2D eigenvalue weighted by Crippen LogP contribution is 2.35. The molecule has 1 aromatic rings. The molecule has 0 spiro atoms. The standard InChI is InChI=1S/C19H29NO3/c1-22-18-8-7-14(13-19(18)23-2)9-11-20-12-10-17(21)15-5-3-4-6-16(15)20/h7-8,13,15-17,21H,3-6,9-12H2,1-2H3/t15-,16-,17+/m1/s1. The molecule has 0 unspecified atom stereocenters. The molecule has 2 fully saturated rings. The third-order valence-electron chi connectivity index (χ3n) is 5.59. The Labute approximate surface area is 139 Å². The zero-order valence-electron chi connectivity index (χ0n) is 14.3. The van der Waals surface area contributed by atoms with Gasteiger partial charge in [0.25, 0.3) is 0 Å². The maximum absolute atomic E-state index is 10.3. The minimum absolute atomic E-state index is 0.0855. The van der Waals surface area contributed by atoms with Crippen LogP contribution in [-0.2, 0) is 6.42 Å². The molecule has 2 aliphatic rings. The first-order valence-electron chi connectivity index (χ1n) is 8.86. The molecule has 3 atom stereocenters. The van der Waals surface area contributed by atoms with Gasteiger partial charge in [-0.3, -0.25) is 4.90 Å². The minimum Gasteiger partial charge on any atom is -0.493 e. The number of nitrogens with zero attached hydrogens (tertiary/aromatic N) is 1. The van der Waals surface area contributed by atoms with Gasteiger partial charge in [-0.05, 0) is 43.4 Å². The summed E-state index contributed by atoms with van der Waals surface area (Å²) in [6.45, 7) is 2.08. The second-order valence-electron chi connectivity index (χ2n) is 6.85. The molecule has 4 heteroatoms. The number of rotatable bonds is 5. The fraction of sp³-hybridized carbons (Fsp3) is 0.684. The molecule has 1 aliphatic heterocycles. The van der Waals surface area contributed by atoms with Gasteiger partial charge >= 0.3 is 0 Å². The van der Waals surface area contributed by atoms with E-state index >= 15 is 0 Å². The molecule has 23 heavy (non-hydrogen) atoms. The average molecular weight is 319 g/mol. The molecule has 1 N–H and O–H groups in total. The van der Waals surface area contributed by atoms with Crippen LogP contribution < -0.4 is 9.47 Å². The Morgan fingerprint density at radius 2 is 1.87 bits per heavy atom. The van der Waals surface area contributed by atoms with Crippen LogP contribution in [0, 0.1) is 5.92 Å². The molecule has 1 saturated heterocycles. The highest BCUT2D eigenvalue weighted by molar-refractivity contribution is 5.42. The predicted octanol–water partition coefficient (Wildman–Crippen LogP) is 2.87. The summed E-state index contributed by atoms with van der Waals surface area (Å²) in [5.41, 5.74) is 1.28. The Bertz CT molecular complexity index is 519. The van der Waals surface area contributed by atoms with E-state index in [0.29, 0.717) is 12.0 Å². The van der Waals surface area contributed by atoms with Gasteiger partial charge in [0.15, 0.2) is 11.5 Å². The summed E-state index contributed by atoms with van der Waals surface area (Å²) >= 11 is 0. The van der Waals surface area contributed by atoms with Gasteiger partial charge < -0.3 is 14.6 Å². The van der Waals surface area contributed by atoms with E-state index in [1.807, 2.05) is 6.07 Å².